The molecule has 0 spiro atoms. The maximum Gasteiger partial charge on any atom is 0.254 e. The van der Waals surface area contributed by atoms with Crippen LogP contribution in [0.1, 0.15) is 51.1 Å². The predicted molar refractivity (Wildman–Crippen MR) is 124 cm³/mol. The normalized spacial score (nSPS) is 26.3. The molecule has 0 bridgehead atoms. The number of likely N-dealkylation sites (tertiary alicyclic amines) is 1. The lowest BCUT2D eigenvalue weighted by molar-refractivity contribution is -0.130. The molecule has 1 aliphatic carbocycles. The average molecular weight is 466 g/mol. The van der Waals surface area contributed by atoms with Gasteiger partial charge >= 0.3 is 0 Å². The van der Waals surface area contributed by atoms with Crippen LogP contribution in [-0.2, 0) is 4.79 Å². The van der Waals surface area contributed by atoms with Gasteiger partial charge in [0.25, 0.3) is 11.8 Å². The first kappa shape index (κ1) is 22.4. The summed E-state index contributed by atoms with van der Waals surface area (Å²) < 4.78 is 19.9. The summed E-state index contributed by atoms with van der Waals surface area (Å²) in [5.41, 5.74) is 2.06. The van der Waals surface area contributed by atoms with E-state index in [0.717, 1.165) is 5.56 Å². The van der Waals surface area contributed by atoms with Crippen LogP contribution >= 0.6 is 0 Å². The topological polar surface area (TPSA) is 87.7 Å². The number of amides is 3. The largest absolute Gasteiger partial charge is 0.486 e. The van der Waals surface area contributed by atoms with Crippen LogP contribution in [0.15, 0.2) is 42.5 Å². The Labute approximate surface area is 197 Å². The zero-order valence-corrected chi connectivity index (χ0v) is 19.2. The van der Waals surface area contributed by atoms with Crippen LogP contribution in [0.3, 0.4) is 0 Å². The number of hydrogen-bond donors (Lipinski definition) is 2. The van der Waals surface area contributed by atoms with Gasteiger partial charge in [0.15, 0.2) is 0 Å². The van der Waals surface area contributed by atoms with Crippen LogP contribution in [0.4, 0.5) is 4.39 Å². The molecular weight excluding hydrogens is 437 g/mol. The summed E-state index contributed by atoms with van der Waals surface area (Å²) in [7, 11) is 1.51. The van der Waals surface area contributed by atoms with Crippen LogP contribution in [0.2, 0.25) is 0 Å². The minimum absolute atomic E-state index is 0.0184. The van der Waals surface area contributed by atoms with Gasteiger partial charge in [-0.25, -0.2) is 4.39 Å². The summed E-state index contributed by atoms with van der Waals surface area (Å²) in [5.74, 6) is -0.103. The first-order valence-electron chi connectivity index (χ1n) is 11.7. The van der Waals surface area contributed by atoms with Crippen LogP contribution in [-0.4, -0.2) is 61.6 Å². The van der Waals surface area contributed by atoms with Crippen molar-refractivity contribution in [1.82, 2.24) is 15.5 Å². The summed E-state index contributed by atoms with van der Waals surface area (Å²) in [6, 6.07) is 12.7. The molecule has 5 atom stereocenters. The fraction of sp³-hybridized carbons (Fsp3) is 0.423. The van der Waals surface area contributed by atoms with E-state index in [1.54, 1.807) is 6.07 Å². The lowest BCUT2D eigenvalue weighted by atomic mass is 9.86. The Kier molecular flexibility index (Phi) is 5.75. The molecule has 1 saturated carbocycles. The lowest BCUT2D eigenvalue weighted by Gasteiger charge is -2.20. The van der Waals surface area contributed by atoms with E-state index in [1.165, 1.54) is 13.1 Å². The van der Waals surface area contributed by atoms with Crippen molar-refractivity contribution < 1.29 is 23.5 Å². The van der Waals surface area contributed by atoms with E-state index in [1.807, 2.05) is 42.2 Å². The summed E-state index contributed by atoms with van der Waals surface area (Å²) in [6.07, 6.45) is -0.290. The van der Waals surface area contributed by atoms with Crippen molar-refractivity contribution in [3.8, 4) is 5.75 Å². The maximum atomic E-state index is 14.0. The Bertz CT molecular complexity index is 1130. The highest BCUT2D eigenvalue weighted by atomic mass is 19.1. The zero-order chi connectivity index (χ0) is 24.0. The predicted octanol–water partition coefficient (Wildman–Crippen LogP) is 2.51. The van der Waals surface area contributed by atoms with Crippen molar-refractivity contribution in [3.05, 3.63) is 64.7 Å². The molecule has 0 aromatic heterocycles. The number of carbonyl (C=O) groups excluding carboxylic acids is 3. The molecule has 2 aromatic rings. The van der Waals surface area contributed by atoms with Crippen LogP contribution in [0.5, 0.6) is 5.75 Å². The van der Waals surface area contributed by atoms with Crippen molar-refractivity contribution >= 4 is 17.7 Å². The van der Waals surface area contributed by atoms with E-state index in [0.29, 0.717) is 36.4 Å². The minimum Gasteiger partial charge on any atom is -0.486 e. The molecule has 2 N–H and O–H groups in total. The fourth-order valence-electron chi connectivity index (χ4n) is 5.45. The van der Waals surface area contributed by atoms with Gasteiger partial charge in [0.05, 0.1) is 11.5 Å². The Morgan fingerprint density at radius 3 is 2.41 bits per heavy atom. The van der Waals surface area contributed by atoms with Crippen molar-refractivity contribution in [2.75, 3.05) is 26.8 Å². The Morgan fingerprint density at radius 2 is 1.79 bits per heavy atom. The van der Waals surface area contributed by atoms with Crippen molar-refractivity contribution in [1.29, 1.82) is 0 Å². The minimum atomic E-state index is -0.774. The quantitative estimate of drug-likeness (QED) is 0.686. The highest BCUT2D eigenvalue weighted by Gasteiger charge is 2.57. The van der Waals surface area contributed by atoms with E-state index in [4.69, 9.17) is 4.74 Å². The molecule has 3 aliphatic rings. The monoisotopic (exact) mass is 465 g/mol. The van der Waals surface area contributed by atoms with Gasteiger partial charge in [-0.05, 0) is 17.7 Å². The van der Waals surface area contributed by atoms with E-state index >= 15 is 0 Å². The van der Waals surface area contributed by atoms with Crippen molar-refractivity contribution in [2.24, 2.45) is 11.8 Å². The molecule has 2 heterocycles. The van der Waals surface area contributed by atoms with Crippen LogP contribution in [0, 0.1) is 11.8 Å². The molecule has 2 unspecified atom stereocenters. The van der Waals surface area contributed by atoms with E-state index in [-0.39, 0.29) is 35.3 Å². The Balaban J connectivity index is 1.43. The molecule has 2 fully saturated rings. The fourth-order valence-corrected chi connectivity index (χ4v) is 5.45. The Morgan fingerprint density at radius 1 is 1.09 bits per heavy atom. The number of nitrogens with zero attached hydrogens (tertiary/aromatic N) is 1. The number of benzene rings is 2. The first-order chi connectivity index (χ1) is 16.5. The molecule has 8 heteroatoms. The van der Waals surface area contributed by atoms with Gasteiger partial charge in [-0.1, -0.05) is 37.3 Å². The number of carbonyl (C=O) groups is 3. The van der Waals surface area contributed by atoms with Crippen molar-refractivity contribution in [3.63, 3.8) is 0 Å². The molecule has 5 rings (SSSR count). The number of ether oxygens (including phenoxy) is 1. The number of piperidine rings is 1. The van der Waals surface area contributed by atoms with E-state index in [9.17, 15) is 18.8 Å². The number of nitrogens with one attached hydrogen (secondary N) is 2. The van der Waals surface area contributed by atoms with Gasteiger partial charge in [-0.2, -0.15) is 0 Å². The third-order valence-electron chi connectivity index (χ3n) is 7.29. The summed E-state index contributed by atoms with van der Waals surface area (Å²) in [6.45, 7) is 2.46. The molecule has 3 amide bonds. The molecule has 7 nitrogen and oxygen atoms in total. The summed E-state index contributed by atoms with van der Waals surface area (Å²) in [5, 5.41) is 5.67. The van der Waals surface area contributed by atoms with Gasteiger partial charge in [0.1, 0.15) is 18.5 Å². The number of hydrogen-bond acceptors (Lipinski definition) is 4. The second kappa shape index (κ2) is 8.74. The number of rotatable bonds is 6. The number of alkyl halides is 1. The lowest BCUT2D eigenvalue weighted by Crippen LogP contribution is -2.37. The summed E-state index contributed by atoms with van der Waals surface area (Å²) in [4.78, 5) is 39.7. The van der Waals surface area contributed by atoms with Gasteiger partial charge < -0.3 is 20.3 Å². The summed E-state index contributed by atoms with van der Waals surface area (Å²) >= 11 is 0. The number of fused-ring (bicyclic) bond motifs is 2. The van der Waals surface area contributed by atoms with Crippen LogP contribution < -0.4 is 15.4 Å². The molecule has 178 valence electrons. The molecular formula is C26H28FN3O4. The zero-order valence-electron chi connectivity index (χ0n) is 19.2. The third kappa shape index (κ3) is 3.71. The van der Waals surface area contributed by atoms with E-state index < -0.39 is 24.6 Å². The third-order valence-corrected chi connectivity index (χ3v) is 7.29. The van der Waals surface area contributed by atoms with Crippen LogP contribution in [0.25, 0.3) is 0 Å². The SMILES string of the molecule is CCC(=O)N1CC2C(NC(=O)c3cc(C(=O)NC)c4c(c3)[C@H](c3ccccc3)[C@@H](CF)O4)[C@@H]2C1. The standard InChI is InChI=1S/C26H28FN3O4/c1-3-21(31)30-12-18-19(13-30)23(18)29-25(32)15-9-16-22(14-7-5-4-6-8-14)20(11-27)34-24(16)17(10-15)26(33)28-2/h4-10,18-20,22-23H,3,11-13H2,1-2H3,(H,28,33)(H,29,32)/t18-,19?,20-,22+,23?/m1/s1. The van der Waals surface area contributed by atoms with Crippen molar-refractivity contribution in [2.45, 2.75) is 31.4 Å². The van der Waals surface area contributed by atoms with E-state index in [2.05, 4.69) is 10.6 Å². The maximum absolute atomic E-state index is 14.0. The second-order valence-electron chi connectivity index (χ2n) is 9.20. The smallest absolute Gasteiger partial charge is 0.254 e. The van der Waals surface area contributed by atoms with Gasteiger partial charge in [0.2, 0.25) is 5.91 Å². The Hall–Kier alpha value is -3.42. The highest BCUT2D eigenvalue weighted by Crippen LogP contribution is 2.47. The first-order valence-corrected chi connectivity index (χ1v) is 11.7. The average Bonchev–Trinajstić information content (AvgIpc) is 3.20. The van der Waals surface area contributed by atoms with Gasteiger partial charge in [-0.3, -0.25) is 14.4 Å². The van der Waals surface area contributed by atoms with Gasteiger partial charge in [-0.15, -0.1) is 0 Å². The molecule has 2 aliphatic heterocycles. The molecule has 0 radical (unpaired) electrons. The van der Waals surface area contributed by atoms with Gasteiger partial charge in [0, 0.05) is 55.6 Å². The molecule has 2 aromatic carbocycles. The molecule has 34 heavy (non-hydrogen) atoms. The molecule has 1 saturated heterocycles. The highest BCUT2D eigenvalue weighted by molar-refractivity contribution is 6.02. The number of halogens is 1. The second-order valence-corrected chi connectivity index (χ2v) is 9.20.